The second-order valence-electron chi connectivity index (χ2n) is 10.8. The summed E-state index contributed by atoms with van der Waals surface area (Å²) in [5, 5.41) is 13.4. The highest BCUT2D eigenvalue weighted by atomic mass is 16.5. The Hall–Kier alpha value is -3.68. The Morgan fingerprint density at radius 1 is 0.900 bits per heavy atom. The normalized spacial score (nSPS) is 17.9. The topological polar surface area (TPSA) is 73.3 Å². The summed E-state index contributed by atoms with van der Waals surface area (Å²) in [4.78, 5) is 30.0. The maximum absolute atomic E-state index is 12.7. The molecule has 0 radical (unpaired) electrons. The minimum absolute atomic E-state index is 0.0429. The lowest BCUT2D eigenvalue weighted by Gasteiger charge is -2.33. The van der Waals surface area contributed by atoms with Crippen LogP contribution in [0.25, 0.3) is 16.8 Å². The maximum atomic E-state index is 12.7. The first-order chi connectivity index (χ1) is 19.5. The minimum atomic E-state index is -0.606. The van der Waals surface area contributed by atoms with Gasteiger partial charge in [0.05, 0.1) is 0 Å². The largest absolute Gasteiger partial charge is 0.490 e. The van der Waals surface area contributed by atoms with Gasteiger partial charge in [-0.25, -0.2) is 0 Å². The molecule has 2 amide bonds. The molecule has 0 aliphatic carbocycles. The van der Waals surface area contributed by atoms with Gasteiger partial charge in [0.25, 0.3) is 0 Å². The molecule has 1 unspecified atom stereocenters. The number of benzene rings is 3. The number of para-hydroxylation sites is 1. The second-order valence-corrected chi connectivity index (χ2v) is 10.8. The number of hydrogen-bond acceptors (Lipinski definition) is 5. The summed E-state index contributed by atoms with van der Waals surface area (Å²) in [5.74, 6) is 1.14. The molecule has 1 N–H and O–H groups in total. The molecular weight excluding hydrogens is 502 g/mol. The van der Waals surface area contributed by atoms with E-state index < -0.39 is 6.10 Å². The van der Waals surface area contributed by atoms with E-state index in [1.54, 1.807) is 28.9 Å². The Morgan fingerprint density at radius 3 is 2.35 bits per heavy atom. The number of amides is 2. The number of rotatable bonds is 8. The van der Waals surface area contributed by atoms with Crippen molar-refractivity contribution in [2.45, 2.75) is 31.8 Å². The van der Waals surface area contributed by atoms with Gasteiger partial charge in [-0.05, 0) is 60.3 Å². The van der Waals surface area contributed by atoms with Crippen LogP contribution < -0.4 is 4.74 Å². The third-order valence-electron chi connectivity index (χ3n) is 8.11. The molecule has 2 heterocycles. The third-order valence-corrected chi connectivity index (χ3v) is 8.11. The first-order valence-corrected chi connectivity index (χ1v) is 14.3. The van der Waals surface area contributed by atoms with Gasteiger partial charge in [-0.15, -0.1) is 0 Å². The van der Waals surface area contributed by atoms with Gasteiger partial charge in [0.15, 0.2) is 0 Å². The summed E-state index contributed by atoms with van der Waals surface area (Å²) in [5.41, 5.74) is 2.23. The zero-order valence-corrected chi connectivity index (χ0v) is 23.2. The number of aliphatic hydroxyl groups is 1. The summed E-state index contributed by atoms with van der Waals surface area (Å²) in [6.07, 6.45) is 4.87. The van der Waals surface area contributed by atoms with E-state index >= 15 is 0 Å². The van der Waals surface area contributed by atoms with Crippen LogP contribution in [0.2, 0.25) is 0 Å². The van der Waals surface area contributed by atoms with E-state index in [0.29, 0.717) is 44.4 Å². The van der Waals surface area contributed by atoms with Crippen LogP contribution in [0.1, 0.15) is 36.8 Å². The van der Waals surface area contributed by atoms with Crippen molar-refractivity contribution in [3.63, 3.8) is 0 Å². The van der Waals surface area contributed by atoms with E-state index in [9.17, 15) is 14.7 Å². The van der Waals surface area contributed by atoms with Gasteiger partial charge in [0.1, 0.15) is 18.5 Å². The molecule has 40 heavy (non-hydrogen) atoms. The Balaban J connectivity index is 1.09. The van der Waals surface area contributed by atoms with Crippen molar-refractivity contribution in [2.75, 3.05) is 52.4 Å². The van der Waals surface area contributed by atoms with Crippen molar-refractivity contribution in [1.82, 2.24) is 14.7 Å². The summed E-state index contributed by atoms with van der Waals surface area (Å²) >= 11 is 0. The van der Waals surface area contributed by atoms with Crippen LogP contribution in [0, 0.1) is 0 Å². The number of piperidine rings is 1. The predicted molar refractivity (Wildman–Crippen MR) is 158 cm³/mol. The number of hydrogen-bond donors (Lipinski definition) is 1. The number of β-amino-alcohol motifs (C(OH)–C–C–N with tert-alkyl or cyclic N) is 1. The second kappa shape index (κ2) is 13.1. The highest BCUT2D eigenvalue weighted by Crippen LogP contribution is 2.33. The van der Waals surface area contributed by atoms with Gasteiger partial charge >= 0.3 is 0 Å². The number of carbonyl (C=O) groups is 2. The number of aliphatic hydroxyl groups excluding tert-OH is 1. The van der Waals surface area contributed by atoms with Crippen molar-refractivity contribution >= 4 is 28.7 Å². The Labute approximate surface area is 236 Å². The van der Waals surface area contributed by atoms with Crippen molar-refractivity contribution in [3.8, 4) is 5.75 Å². The highest BCUT2D eigenvalue weighted by molar-refractivity contribution is 5.92. The molecule has 3 aromatic rings. The fourth-order valence-corrected chi connectivity index (χ4v) is 5.83. The van der Waals surface area contributed by atoms with Gasteiger partial charge in [-0.2, -0.15) is 0 Å². The zero-order chi connectivity index (χ0) is 27.9. The summed E-state index contributed by atoms with van der Waals surface area (Å²) in [6.45, 7) is 6.42. The molecule has 1 atom stereocenters. The van der Waals surface area contributed by atoms with E-state index in [2.05, 4.69) is 47.4 Å². The van der Waals surface area contributed by atoms with Gasteiger partial charge in [0.2, 0.25) is 11.8 Å². The van der Waals surface area contributed by atoms with Crippen LogP contribution in [-0.4, -0.2) is 90.1 Å². The van der Waals surface area contributed by atoms with Crippen molar-refractivity contribution < 1.29 is 19.4 Å². The van der Waals surface area contributed by atoms with E-state index in [-0.39, 0.29) is 18.4 Å². The number of fused-ring (bicyclic) bond motifs is 1. The van der Waals surface area contributed by atoms with Gasteiger partial charge in [-0.3, -0.25) is 9.59 Å². The Kier molecular flexibility index (Phi) is 9.14. The Morgan fingerprint density at radius 2 is 1.57 bits per heavy atom. The standard InChI is InChI=1S/C33H39N3O4/c1-25(37)35-19-21-36(22-20-35)33(39)14-13-28-8-3-5-12-32(28)40-24-29(38)23-34-17-15-27(16-18-34)31-11-6-9-26-7-2-4-10-30(26)31/h2-14,27,29,38H,15-24H2,1H3. The monoisotopic (exact) mass is 541 g/mol. The summed E-state index contributed by atoms with van der Waals surface area (Å²) < 4.78 is 6.00. The molecule has 2 saturated heterocycles. The lowest BCUT2D eigenvalue weighted by Crippen LogP contribution is -2.49. The average Bonchev–Trinajstić information content (AvgIpc) is 2.99. The summed E-state index contributed by atoms with van der Waals surface area (Å²) in [7, 11) is 0. The van der Waals surface area contributed by atoms with Gasteiger partial charge < -0.3 is 24.5 Å². The number of piperazine rings is 1. The lowest BCUT2D eigenvalue weighted by atomic mass is 9.86. The SMILES string of the molecule is CC(=O)N1CCN(C(=O)C=Cc2ccccc2OCC(O)CN2CCC(c3cccc4ccccc34)CC2)CC1. The van der Waals surface area contributed by atoms with Crippen LogP contribution in [-0.2, 0) is 9.59 Å². The number of nitrogens with zero attached hydrogens (tertiary/aromatic N) is 3. The highest BCUT2D eigenvalue weighted by Gasteiger charge is 2.24. The Bertz CT molecular complexity index is 1340. The molecule has 5 rings (SSSR count). The van der Waals surface area contributed by atoms with Crippen LogP contribution in [0.5, 0.6) is 5.75 Å². The molecule has 0 bridgehead atoms. The predicted octanol–water partition coefficient (Wildman–Crippen LogP) is 4.16. The van der Waals surface area contributed by atoms with Crippen LogP contribution in [0.3, 0.4) is 0 Å². The van der Waals surface area contributed by atoms with Crippen molar-refractivity contribution in [3.05, 3.63) is 83.9 Å². The summed E-state index contributed by atoms with van der Waals surface area (Å²) in [6, 6.07) is 22.7. The molecule has 7 nitrogen and oxygen atoms in total. The van der Waals surface area contributed by atoms with Crippen LogP contribution >= 0.6 is 0 Å². The van der Waals surface area contributed by atoms with E-state index in [1.165, 1.54) is 16.3 Å². The molecule has 2 fully saturated rings. The van der Waals surface area contributed by atoms with Crippen LogP contribution in [0.15, 0.2) is 72.8 Å². The number of likely N-dealkylation sites (tertiary alicyclic amines) is 1. The minimum Gasteiger partial charge on any atom is -0.490 e. The third kappa shape index (κ3) is 6.90. The number of ether oxygens (including phenoxy) is 1. The quantitative estimate of drug-likeness (QED) is 0.434. The van der Waals surface area contributed by atoms with Gasteiger partial charge in [-0.1, -0.05) is 60.7 Å². The van der Waals surface area contributed by atoms with Crippen LogP contribution in [0.4, 0.5) is 0 Å². The first kappa shape index (κ1) is 27.9. The van der Waals surface area contributed by atoms with E-state index in [1.807, 2.05) is 24.3 Å². The van der Waals surface area contributed by atoms with Crippen molar-refractivity contribution in [1.29, 1.82) is 0 Å². The molecule has 2 aliphatic heterocycles. The first-order valence-electron chi connectivity index (χ1n) is 14.3. The van der Waals surface area contributed by atoms with E-state index in [4.69, 9.17) is 4.74 Å². The molecule has 0 saturated carbocycles. The molecule has 0 spiro atoms. The zero-order valence-electron chi connectivity index (χ0n) is 23.2. The number of carbonyl (C=O) groups excluding carboxylic acids is 2. The fourth-order valence-electron chi connectivity index (χ4n) is 5.83. The molecule has 2 aliphatic rings. The lowest BCUT2D eigenvalue weighted by molar-refractivity contribution is -0.135. The molecule has 0 aromatic heterocycles. The smallest absolute Gasteiger partial charge is 0.246 e. The fraction of sp³-hybridized carbons (Fsp3) is 0.394. The average molecular weight is 542 g/mol. The maximum Gasteiger partial charge on any atom is 0.246 e. The van der Waals surface area contributed by atoms with E-state index in [0.717, 1.165) is 31.5 Å². The molecule has 210 valence electrons. The molecular formula is C33H39N3O4. The molecule has 3 aromatic carbocycles. The molecule has 7 heteroatoms. The van der Waals surface area contributed by atoms with Crippen molar-refractivity contribution in [2.24, 2.45) is 0 Å². The van der Waals surface area contributed by atoms with Gasteiger partial charge in [0, 0.05) is 51.3 Å².